The fraction of sp³-hybridized carbons (Fsp3) is 0.273. The summed E-state index contributed by atoms with van der Waals surface area (Å²) in [7, 11) is 0. The molecule has 0 spiro atoms. The van der Waals surface area contributed by atoms with Crippen molar-refractivity contribution in [2.24, 2.45) is 0 Å². The van der Waals surface area contributed by atoms with Gasteiger partial charge in [-0.05, 0) is 62.2 Å². The Balaban J connectivity index is 1.69. The number of carbonyl (C=O) groups is 1. The largest absolute Gasteiger partial charge is 0.490 e. The summed E-state index contributed by atoms with van der Waals surface area (Å²) in [6.45, 7) is 7.37. The van der Waals surface area contributed by atoms with Gasteiger partial charge in [-0.2, -0.15) is 0 Å². The van der Waals surface area contributed by atoms with Gasteiger partial charge in [-0.1, -0.05) is 52.0 Å². The first kappa shape index (κ1) is 21.9. The van der Waals surface area contributed by atoms with E-state index in [9.17, 15) is 4.79 Å². The smallest absolute Gasteiger partial charge is 0.266 e. The number of thioether (sulfide) groups is 1. The molecule has 0 radical (unpaired) electrons. The van der Waals surface area contributed by atoms with Crippen molar-refractivity contribution in [3.63, 3.8) is 0 Å². The third-order valence-electron chi connectivity index (χ3n) is 4.39. The lowest BCUT2D eigenvalue weighted by molar-refractivity contribution is -0.121. The second-order valence-electron chi connectivity index (χ2n) is 6.57. The molecule has 0 saturated carbocycles. The zero-order valence-electron chi connectivity index (χ0n) is 16.5. The molecular weight excluding hydrogens is 470 g/mol. The highest BCUT2D eigenvalue weighted by molar-refractivity contribution is 9.10. The molecule has 0 bridgehead atoms. The number of hydrogen-bond donors (Lipinski definition) is 0. The number of aryl methyl sites for hydroxylation is 2. The molecular formula is C22H22BrNO3S2. The van der Waals surface area contributed by atoms with Crippen LogP contribution in [0.3, 0.4) is 0 Å². The lowest BCUT2D eigenvalue weighted by atomic mass is 10.1. The van der Waals surface area contributed by atoms with Gasteiger partial charge in [0.05, 0.1) is 4.91 Å². The van der Waals surface area contributed by atoms with Crippen LogP contribution in [-0.4, -0.2) is 34.9 Å². The summed E-state index contributed by atoms with van der Waals surface area (Å²) >= 11 is 10.1. The predicted molar refractivity (Wildman–Crippen MR) is 127 cm³/mol. The summed E-state index contributed by atoms with van der Waals surface area (Å²) in [5.41, 5.74) is 3.08. The molecule has 29 heavy (non-hydrogen) atoms. The van der Waals surface area contributed by atoms with Gasteiger partial charge in [0.1, 0.15) is 29.0 Å². The van der Waals surface area contributed by atoms with E-state index in [4.69, 9.17) is 21.7 Å². The van der Waals surface area contributed by atoms with E-state index in [0.29, 0.717) is 34.7 Å². The Morgan fingerprint density at radius 1 is 1.10 bits per heavy atom. The van der Waals surface area contributed by atoms with E-state index in [2.05, 4.69) is 22.0 Å². The van der Waals surface area contributed by atoms with E-state index in [1.807, 2.05) is 57.2 Å². The van der Waals surface area contributed by atoms with Crippen molar-refractivity contribution in [2.45, 2.75) is 20.8 Å². The van der Waals surface area contributed by atoms with Crippen molar-refractivity contribution in [1.29, 1.82) is 0 Å². The van der Waals surface area contributed by atoms with Gasteiger partial charge in [0, 0.05) is 16.6 Å². The third-order valence-corrected chi connectivity index (χ3v) is 6.26. The quantitative estimate of drug-likeness (QED) is 0.280. The molecule has 1 heterocycles. The molecule has 4 nitrogen and oxygen atoms in total. The summed E-state index contributed by atoms with van der Waals surface area (Å²) in [4.78, 5) is 14.7. The first-order valence-electron chi connectivity index (χ1n) is 9.27. The molecule has 1 amide bonds. The molecule has 0 aliphatic carbocycles. The standard InChI is InChI=1S/C22H22BrNO3S2/c1-4-24-21(25)20(29-22(24)28)13-16-12-17(23)7-8-18(16)26-9-10-27-19-11-14(2)5-6-15(19)3/h5-8,11-13H,4,9-10H2,1-3H3/b20-13-. The highest BCUT2D eigenvalue weighted by atomic mass is 79.9. The second-order valence-corrected chi connectivity index (χ2v) is 9.17. The van der Waals surface area contributed by atoms with Gasteiger partial charge >= 0.3 is 0 Å². The first-order valence-corrected chi connectivity index (χ1v) is 11.3. The monoisotopic (exact) mass is 491 g/mol. The average Bonchev–Trinajstić information content (AvgIpc) is 2.95. The molecule has 2 aromatic rings. The van der Waals surface area contributed by atoms with Crippen molar-refractivity contribution in [3.05, 3.63) is 62.5 Å². The summed E-state index contributed by atoms with van der Waals surface area (Å²) in [5.74, 6) is 1.50. The number of halogens is 1. The van der Waals surface area contributed by atoms with Gasteiger partial charge in [0.2, 0.25) is 0 Å². The van der Waals surface area contributed by atoms with Gasteiger partial charge in [-0.3, -0.25) is 9.69 Å². The summed E-state index contributed by atoms with van der Waals surface area (Å²) in [6, 6.07) is 11.9. The number of carbonyl (C=O) groups excluding carboxylic acids is 1. The fourth-order valence-electron chi connectivity index (χ4n) is 2.84. The van der Waals surface area contributed by atoms with E-state index in [0.717, 1.165) is 26.9 Å². The number of amides is 1. The molecule has 0 unspecified atom stereocenters. The SMILES string of the molecule is CCN1C(=O)/C(=C/c2cc(Br)ccc2OCCOc2cc(C)ccc2C)SC1=S. The molecule has 1 fully saturated rings. The van der Waals surface area contributed by atoms with Gasteiger partial charge in [-0.15, -0.1) is 0 Å². The normalized spacial score (nSPS) is 15.3. The maximum absolute atomic E-state index is 12.5. The Morgan fingerprint density at radius 2 is 1.83 bits per heavy atom. The Labute approximate surface area is 189 Å². The van der Waals surface area contributed by atoms with Crippen LogP contribution in [0.25, 0.3) is 6.08 Å². The number of thiocarbonyl (C=S) groups is 1. The Hall–Kier alpha value is -1.83. The minimum absolute atomic E-state index is 0.0633. The number of rotatable bonds is 7. The Morgan fingerprint density at radius 3 is 2.52 bits per heavy atom. The summed E-state index contributed by atoms with van der Waals surface area (Å²) < 4.78 is 13.3. The third kappa shape index (κ3) is 5.41. The van der Waals surface area contributed by atoms with E-state index in [-0.39, 0.29) is 5.91 Å². The van der Waals surface area contributed by atoms with Crippen molar-refractivity contribution in [2.75, 3.05) is 19.8 Å². The first-order chi connectivity index (χ1) is 13.9. The molecule has 1 aliphatic heterocycles. The van der Waals surface area contributed by atoms with Gasteiger partial charge in [0.25, 0.3) is 5.91 Å². The molecule has 1 saturated heterocycles. The van der Waals surface area contributed by atoms with E-state index < -0.39 is 0 Å². The van der Waals surface area contributed by atoms with Gasteiger partial charge in [-0.25, -0.2) is 0 Å². The minimum atomic E-state index is -0.0633. The molecule has 7 heteroatoms. The minimum Gasteiger partial charge on any atom is -0.490 e. The Bertz CT molecular complexity index is 975. The highest BCUT2D eigenvalue weighted by Crippen LogP contribution is 2.35. The molecule has 1 aliphatic rings. The van der Waals surface area contributed by atoms with Crippen molar-refractivity contribution < 1.29 is 14.3 Å². The van der Waals surface area contributed by atoms with Crippen LogP contribution >= 0.6 is 39.9 Å². The topological polar surface area (TPSA) is 38.8 Å². The molecule has 3 rings (SSSR count). The molecule has 2 aromatic carbocycles. The zero-order chi connectivity index (χ0) is 21.0. The predicted octanol–water partition coefficient (Wildman–Crippen LogP) is 5.74. The molecule has 152 valence electrons. The zero-order valence-corrected chi connectivity index (χ0v) is 19.7. The number of benzene rings is 2. The fourth-order valence-corrected chi connectivity index (χ4v) is 4.60. The van der Waals surface area contributed by atoms with Crippen LogP contribution in [-0.2, 0) is 4.79 Å². The molecule has 0 atom stereocenters. The van der Waals surface area contributed by atoms with Crippen LogP contribution < -0.4 is 9.47 Å². The van der Waals surface area contributed by atoms with E-state index >= 15 is 0 Å². The second kappa shape index (κ2) is 9.78. The van der Waals surface area contributed by atoms with Crippen LogP contribution in [0.5, 0.6) is 11.5 Å². The number of ether oxygens (including phenoxy) is 2. The van der Waals surface area contributed by atoms with Crippen molar-refractivity contribution in [3.8, 4) is 11.5 Å². The Kier molecular flexibility index (Phi) is 7.38. The lowest BCUT2D eigenvalue weighted by Crippen LogP contribution is -2.27. The van der Waals surface area contributed by atoms with Crippen LogP contribution in [0.4, 0.5) is 0 Å². The number of hydrogen-bond acceptors (Lipinski definition) is 5. The lowest BCUT2D eigenvalue weighted by Gasteiger charge is -2.13. The van der Waals surface area contributed by atoms with Gasteiger partial charge in [0.15, 0.2) is 0 Å². The van der Waals surface area contributed by atoms with Crippen LogP contribution in [0.1, 0.15) is 23.6 Å². The van der Waals surface area contributed by atoms with E-state index in [1.54, 1.807) is 4.90 Å². The van der Waals surface area contributed by atoms with Gasteiger partial charge < -0.3 is 9.47 Å². The number of nitrogens with zero attached hydrogens (tertiary/aromatic N) is 1. The highest BCUT2D eigenvalue weighted by Gasteiger charge is 2.30. The summed E-state index contributed by atoms with van der Waals surface area (Å²) in [5, 5.41) is 0. The molecule has 0 aromatic heterocycles. The maximum Gasteiger partial charge on any atom is 0.266 e. The maximum atomic E-state index is 12.5. The van der Waals surface area contributed by atoms with Crippen LogP contribution in [0.15, 0.2) is 45.8 Å². The van der Waals surface area contributed by atoms with Crippen molar-refractivity contribution >= 4 is 56.2 Å². The average molecular weight is 492 g/mol. The molecule has 0 N–H and O–H groups in total. The van der Waals surface area contributed by atoms with Crippen LogP contribution in [0.2, 0.25) is 0 Å². The summed E-state index contributed by atoms with van der Waals surface area (Å²) in [6.07, 6.45) is 1.83. The van der Waals surface area contributed by atoms with Crippen LogP contribution in [0, 0.1) is 13.8 Å². The van der Waals surface area contributed by atoms with Crippen molar-refractivity contribution in [1.82, 2.24) is 4.90 Å². The van der Waals surface area contributed by atoms with E-state index in [1.165, 1.54) is 11.8 Å². The number of likely N-dealkylation sites (N-methyl/N-ethyl adjacent to an activating group) is 1.